The molecule has 2 atom stereocenters. The number of hydrogen-bond donors (Lipinski definition) is 0. The largest absolute Gasteiger partial charge is 0.354 e. The Labute approximate surface area is 102 Å². The van der Waals surface area contributed by atoms with E-state index in [4.69, 9.17) is 11.6 Å². The third-order valence-electron chi connectivity index (χ3n) is 3.40. The summed E-state index contributed by atoms with van der Waals surface area (Å²) in [4.78, 5) is 9.11. The van der Waals surface area contributed by atoms with E-state index in [1.165, 1.54) is 0 Å². The molecule has 1 aromatic rings. The van der Waals surface area contributed by atoms with E-state index in [1.807, 2.05) is 12.1 Å². The number of pyridine rings is 1. The number of hydrogen-bond acceptors (Lipinski definition) is 3. The van der Waals surface area contributed by atoms with Crippen molar-refractivity contribution in [2.24, 2.45) is 0 Å². The standard InChI is InChI=1S/C12H18ClN3/c1-9-7-16(8-10(2)15(9)3)12-5-4-11(13)6-14-12/h4-6,9-10H,7-8H2,1-3H3. The van der Waals surface area contributed by atoms with Gasteiger partial charge >= 0.3 is 0 Å². The molecule has 16 heavy (non-hydrogen) atoms. The van der Waals surface area contributed by atoms with E-state index in [0.717, 1.165) is 18.9 Å². The second-order valence-electron chi connectivity index (χ2n) is 4.60. The van der Waals surface area contributed by atoms with Crippen molar-refractivity contribution in [1.29, 1.82) is 0 Å². The molecule has 0 saturated carbocycles. The van der Waals surface area contributed by atoms with Gasteiger partial charge in [-0.2, -0.15) is 0 Å². The molecule has 0 amide bonds. The summed E-state index contributed by atoms with van der Waals surface area (Å²) in [6, 6.07) is 5.01. The molecule has 3 nitrogen and oxygen atoms in total. The Kier molecular flexibility index (Phi) is 3.36. The Hall–Kier alpha value is -0.800. The van der Waals surface area contributed by atoms with Gasteiger partial charge in [0.2, 0.25) is 0 Å². The Bertz CT molecular complexity index is 340. The highest BCUT2D eigenvalue weighted by molar-refractivity contribution is 6.30. The van der Waals surface area contributed by atoms with Gasteiger partial charge in [0, 0.05) is 31.4 Å². The average Bonchev–Trinajstić information content (AvgIpc) is 2.26. The number of rotatable bonds is 1. The van der Waals surface area contributed by atoms with Crippen LogP contribution in [0.4, 0.5) is 5.82 Å². The summed E-state index contributed by atoms with van der Waals surface area (Å²) in [5, 5.41) is 0.693. The Balaban J connectivity index is 2.13. The summed E-state index contributed by atoms with van der Waals surface area (Å²) in [5.74, 6) is 1.02. The molecule has 1 aliphatic heterocycles. The highest BCUT2D eigenvalue weighted by Crippen LogP contribution is 2.20. The average molecular weight is 240 g/mol. The normalized spacial score (nSPS) is 27.1. The molecule has 1 aliphatic rings. The molecule has 1 saturated heterocycles. The first-order valence-electron chi connectivity index (χ1n) is 5.66. The summed E-state index contributed by atoms with van der Waals surface area (Å²) < 4.78 is 0. The van der Waals surface area contributed by atoms with Crippen LogP contribution in [0.15, 0.2) is 18.3 Å². The van der Waals surface area contributed by atoms with Crippen LogP contribution in [0, 0.1) is 0 Å². The number of nitrogens with zero attached hydrogens (tertiary/aromatic N) is 3. The second-order valence-corrected chi connectivity index (χ2v) is 5.04. The SMILES string of the molecule is CC1CN(c2ccc(Cl)cn2)CC(C)N1C. The van der Waals surface area contributed by atoms with Gasteiger partial charge in [0.1, 0.15) is 5.82 Å². The summed E-state index contributed by atoms with van der Waals surface area (Å²) in [7, 11) is 2.18. The van der Waals surface area contributed by atoms with Gasteiger partial charge in [-0.1, -0.05) is 11.6 Å². The van der Waals surface area contributed by atoms with Crippen molar-refractivity contribution < 1.29 is 0 Å². The van der Waals surface area contributed by atoms with Gasteiger partial charge in [-0.05, 0) is 33.0 Å². The molecule has 2 rings (SSSR count). The molecule has 1 fully saturated rings. The van der Waals surface area contributed by atoms with Gasteiger partial charge in [0.05, 0.1) is 5.02 Å². The first-order chi connectivity index (χ1) is 7.58. The minimum atomic E-state index is 0.557. The summed E-state index contributed by atoms with van der Waals surface area (Å²) in [6.07, 6.45) is 1.71. The van der Waals surface area contributed by atoms with Crippen molar-refractivity contribution in [2.45, 2.75) is 25.9 Å². The smallest absolute Gasteiger partial charge is 0.128 e. The molecule has 0 spiro atoms. The highest BCUT2D eigenvalue weighted by Gasteiger charge is 2.26. The topological polar surface area (TPSA) is 19.4 Å². The maximum atomic E-state index is 5.84. The van der Waals surface area contributed by atoms with Crippen molar-refractivity contribution in [3.8, 4) is 0 Å². The zero-order valence-corrected chi connectivity index (χ0v) is 10.8. The number of likely N-dealkylation sites (N-methyl/N-ethyl adjacent to an activating group) is 1. The maximum Gasteiger partial charge on any atom is 0.128 e. The zero-order valence-electron chi connectivity index (χ0n) is 10.0. The Morgan fingerprint density at radius 1 is 1.25 bits per heavy atom. The van der Waals surface area contributed by atoms with Crippen LogP contribution in [0.5, 0.6) is 0 Å². The molecular formula is C12H18ClN3. The van der Waals surface area contributed by atoms with Gasteiger partial charge in [-0.3, -0.25) is 4.90 Å². The fraction of sp³-hybridized carbons (Fsp3) is 0.583. The molecule has 0 bridgehead atoms. The molecule has 0 radical (unpaired) electrons. The predicted octanol–water partition coefficient (Wildman–Crippen LogP) is 2.26. The van der Waals surface area contributed by atoms with Gasteiger partial charge in [0.25, 0.3) is 0 Å². The van der Waals surface area contributed by atoms with Gasteiger partial charge in [0.15, 0.2) is 0 Å². The molecule has 0 N–H and O–H groups in total. The first kappa shape index (κ1) is 11.7. The molecule has 2 unspecified atom stereocenters. The molecule has 0 aliphatic carbocycles. The highest BCUT2D eigenvalue weighted by atomic mass is 35.5. The van der Waals surface area contributed by atoms with E-state index in [0.29, 0.717) is 17.1 Å². The monoisotopic (exact) mass is 239 g/mol. The number of anilines is 1. The molecule has 2 heterocycles. The summed E-state index contributed by atoms with van der Waals surface area (Å²) in [5.41, 5.74) is 0. The third kappa shape index (κ3) is 2.30. The van der Waals surface area contributed by atoms with Crippen LogP contribution in [0.1, 0.15) is 13.8 Å². The molecule has 4 heteroatoms. The van der Waals surface area contributed by atoms with Crippen LogP contribution in [-0.2, 0) is 0 Å². The quantitative estimate of drug-likeness (QED) is 0.750. The number of aromatic nitrogens is 1. The van der Waals surface area contributed by atoms with Crippen molar-refractivity contribution >= 4 is 17.4 Å². The van der Waals surface area contributed by atoms with E-state index >= 15 is 0 Å². The fourth-order valence-corrected chi connectivity index (χ4v) is 2.26. The fourth-order valence-electron chi connectivity index (χ4n) is 2.15. The van der Waals surface area contributed by atoms with Gasteiger partial charge < -0.3 is 4.90 Å². The zero-order chi connectivity index (χ0) is 11.7. The predicted molar refractivity (Wildman–Crippen MR) is 68.1 cm³/mol. The van der Waals surface area contributed by atoms with Crippen molar-refractivity contribution in [3.05, 3.63) is 23.4 Å². The van der Waals surface area contributed by atoms with Crippen LogP contribution < -0.4 is 4.90 Å². The lowest BCUT2D eigenvalue weighted by molar-refractivity contribution is 0.169. The van der Waals surface area contributed by atoms with Crippen LogP contribution in [0.3, 0.4) is 0 Å². The van der Waals surface area contributed by atoms with Crippen LogP contribution in [0.25, 0.3) is 0 Å². The molecular weight excluding hydrogens is 222 g/mol. The van der Waals surface area contributed by atoms with E-state index in [1.54, 1.807) is 6.20 Å². The Morgan fingerprint density at radius 2 is 1.88 bits per heavy atom. The minimum absolute atomic E-state index is 0.557. The van der Waals surface area contributed by atoms with Crippen LogP contribution in [-0.4, -0.2) is 42.1 Å². The van der Waals surface area contributed by atoms with Gasteiger partial charge in [-0.15, -0.1) is 0 Å². The number of halogens is 1. The summed E-state index contributed by atoms with van der Waals surface area (Å²) in [6.45, 7) is 6.54. The van der Waals surface area contributed by atoms with E-state index in [-0.39, 0.29) is 0 Å². The summed E-state index contributed by atoms with van der Waals surface area (Å²) >= 11 is 5.84. The van der Waals surface area contributed by atoms with Crippen molar-refractivity contribution in [1.82, 2.24) is 9.88 Å². The van der Waals surface area contributed by atoms with E-state index < -0.39 is 0 Å². The first-order valence-corrected chi connectivity index (χ1v) is 6.04. The molecule has 88 valence electrons. The van der Waals surface area contributed by atoms with Crippen molar-refractivity contribution in [2.75, 3.05) is 25.0 Å². The van der Waals surface area contributed by atoms with Crippen LogP contribution in [0.2, 0.25) is 5.02 Å². The van der Waals surface area contributed by atoms with E-state index in [9.17, 15) is 0 Å². The molecule has 0 aromatic carbocycles. The number of piperazine rings is 1. The Morgan fingerprint density at radius 3 is 2.38 bits per heavy atom. The lowest BCUT2D eigenvalue weighted by Gasteiger charge is -2.42. The lowest BCUT2D eigenvalue weighted by Crippen LogP contribution is -2.55. The van der Waals surface area contributed by atoms with Crippen molar-refractivity contribution in [3.63, 3.8) is 0 Å². The van der Waals surface area contributed by atoms with Gasteiger partial charge in [-0.25, -0.2) is 4.98 Å². The molecule has 1 aromatic heterocycles. The lowest BCUT2D eigenvalue weighted by atomic mass is 10.1. The van der Waals surface area contributed by atoms with E-state index in [2.05, 4.69) is 35.7 Å². The second kappa shape index (κ2) is 4.60. The minimum Gasteiger partial charge on any atom is -0.354 e. The third-order valence-corrected chi connectivity index (χ3v) is 3.62. The maximum absolute atomic E-state index is 5.84. The van der Waals surface area contributed by atoms with Crippen LogP contribution >= 0.6 is 11.6 Å².